The summed E-state index contributed by atoms with van der Waals surface area (Å²) in [4.78, 5) is 4.22. The van der Waals surface area contributed by atoms with Crippen LogP contribution in [-0.4, -0.2) is 12.5 Å². The van der Waals surface area contributed by atoms with Gasteiger partial charge in [0, 0.05) is 18.3 Å². The number of hydrogen-bond acceptors (Lipinski definition) is 2. The number of benzene rings is 2. The van der Waals surface area contributed by atoms with Crippen molar-refractivity contribution in [2.24, 2.45) is 10.8 Å². The molecule has 4 N–H and O–H groups in total. The van der Waals surface area contributed by atoms with E-state index < -0.39 is 11.6 Å². The maximum atomic E-state index is 13.0. The van der Waals surface area contributed by atoms with E-state index in [9.17, 15) is 8.78 Å². The molecule has 0 atom stereocenters. The van der Waals surface area contributed by atoms with Crippen molar-refractivity contribution in [1.29, 1.82) is 0 Å². The Bertz CT molecular complexity index is 594. The molecule has 0 aliphatic rings. The summed E-state index contributed by atoms with van der Waals surface area (Å²) in [5, 5.41) is 3.00. The minimum absolute atomic E-state index is 0.349. The second kappa shape index (κ2) is 7.35. The molecule has 6 heteroatoms. The van der Waals surface area contributed by atoms with Gasteiger partial charge in [-0.05, 0) is 36.2 Å². The zero-order valence-corrected chi connectivity index (χ0v) is 11.3. The van der Waals surface area contributed by atoms with E-state index in [0.717, 1.165) is 11.8 Å². The number of hydrazine groups is 1. The quantitative estimate of drug-likeness (QED) is 0.351. The molecule has 0 radical (unpaired) electrons. The maximum Gasteiger partial charge on any atom is 0.210 e. The summed E-state index contributed by atoms with van der Waals surface area (Å²) < 4.78 is 26.1. The van der Waals surface area contributed by atoms with Crippen molar-refractivity contribution < 1.29 is 8.78 Å². The highest BCUT2D eigenvalue weighted by molar-refractivity contribution is 5.93. The van der Waals surface area contributed by atoms with E-state index in [0.29, 0.717) is 24.5 Å². The average molecular weight is 290 g/mol. The number of aliphatic imine (C=N–C) groups is 1. The normalized spacial score (nSPS) is 11.3. The fraction of sp³-hybridized carbons (Fsp3) is 0.133. The number of para-hydroxylation sites is 1. The van der Waals surface area contributed by atoms with Crippen molar-refractivity contribution in [3.05, 3.63) is 65.7 Å². The first-order valence-corrected chi connectivity index (χ1v) is 6.45. The first-order chi connectivity index (χ1) is 10.2. The summed E-state index contributed by atoms with van der Waals surface area (Å²) in [6, 6.07) is 12.8. The lowest BCUT2D eigenvalue weighted by atomic mass is 10.1. The zero-order valence-electron chi connectivity index (χ0n) is 11.3. The van der Waals surface area contributed by atoms with Gasteiger partial charge in [-0.2, -0.15) is 0 Å². The molecule has 0 aliphatic carbocycles. The standard InChI is InChI=1S/C15H16F2N4/c16-12-8-11(9-13(17)10-12)6-7-19-15(21-18)20-14-4-2-1-3-5-14/h1-5,8-10H,6-7,18H2,(H2,19,20,21). The highest BCUT2D eigenvalue weighted by Gasteiger charge is 2.01. The average Bonchev–Trinajstić information content (AvgIpc) is 2.46. The molecule has 0 heterocycles. The van der Waals surface area contributed by atoms with Gasteiger partial charge >= 0.3 is 0 Å². The summed E-state index contributed by atoms with van der Waals surface area (Å²) in [6.45, 7) is 0.349. The van der Waals surface area contributed by atoms with Crippen LogP contribution < -0.4 is 16.6 Å². The van der Waals surface area contributed by atoms with Gasteiger partial charge in [-0.15, -0.1) is 0 Å². The predicted octanol–water partition coefficient (Wildman–Crippen LogP) is 2.44. The Kier molecular flexibility index (Phi) is 5.22. The van der Waals surface area contributed by atoms with E-state index in [1.807, 2.05) is 30.3 Å². The summed E-state index contributed by atoms with van der Waals surface area (Å²) >= 11 is 0. The van der Waals surface area contributed by atoms with Crippen molar-refractivity contribution in [3.8, 4) is 0 Å². The number of anilines is 1. The minimum atomic E-state index is -0.589. The van der Waals surface area contributed by atoms with Gasteiger partial charge in [-0.3, -0.25) is 10.4 Å². The molecular formula is C15H16F2N4. The minimum Gasteiger partial charge on any atom is -0.325 e. The third kappa shape index (κ3) is 4.85. The van der Waals surface area contributed by atoms with Gasteiger partial charge < -0.3 is 5.32 Å². The fourth-order valence-electron chi connectivity index (χ4n) is 1.83. The number of guanidine groups is 1. The molecule has 0 aliphatic heterocycles. The van der Waals surface area contributed by atoms with E-state index >= 15 is 0 Å². The van der Waals surface area contributed by atoms with Crippen LogP contribution in [0.4, 0.5) is 14.5 Å². The Balaban J connectivity index is 1.95. The lowest BCUT2D eigenvalue weighted by molar-refractivity contribution is 0.579. The molecule has 0 unspecified atom stereocenters. The lowest BCUT2D eigenvalue weighted by Gasteiger charge is -2.09. The summed E-state index contributed by atoms with van der Waals surface area (Å²) in [5.41, 5.74) is 3.84. The van der Waals surface area contributed by atoms with Crippen molar-refractivity contribution in [2.45, 2.75) is 6.42 Å². The van der Waals surface area contributed by atoms with Gasteiger partial charge in [0.15, 0.2) is 0 Å². The third-order valence-corrected chi connectivity index (χ3v) is 2.77. The molecule has 0 bridgehead atoms. The molecular weight excluding hydrogens is 274 g/mol. The largest absolute Gasteiger partial charge is 0.325 e. The van der Waals surface area contributed by atoms with E-state index in [4.69, 9.17) is 5.84 Å². The topological polar surface area (TPSA) is 62.4 Å². The second-order valence-electron chi connectivity index (χ2n) is 4.39. The Morgan fingerprint density at radius 3 is 2.33 bits per heavy atom. The monoisotopic (exact) mass is 290 g/mol. The van der Waals surface area contributed by atoms with Crippen LogP contribution in [0, 0.1) is 11.6 Å². The number of halogens is 2. The highest BCUT2D eigenvalue weighted by atomic mass is 19.1. The predicted molar refractivity (Wildman–Crippen MR) is 79.8 cm³/mol. The van der Waals surface area contributed by atoms with E-state index in [1.54, 1.807) is 0 Å². The van der Waals surface area contributed by atoms with Crippen LogP contribution in [0.25, 0.3) is 0 Å². The Hall–Kier alpha value is -2.47. The van der Waals surface area contributed by atoms with Crippen molar-refractivity contribution in [3.63, 3.8) is 0 Å². The van der Waals surface area contributed by atoms with E-state index in [-0.39, 0.29) is 0 Å². The van der Waals surface area contributed by atoms with Gasteiger partial charge in [0.25, 0.3) is 0 Å². The molecule has 0 amide bonds. The molecule has 0 saturated heterocycles. The number of nitrogens with two attached hydrogens (primary N) is 1. The molecule has 110 valence electrons. The van der Waals surface area contributed by atoms with Gasteiger partial charge in [0.05, 0.1) is 0 Å². The van der Waals surface area contributed by atoms with Gasteiger partial charge in [0.1, 0.15) is 11.6 Å². The fourth-order valence-corrected chi connectivity index (χ4v) is 1.83. The zero-order chi connectivity index (χ0) is 15.1. The van der Waals surface area contributed by atoms with Gasteiger partial charge in [-0.25, -0.2) is 14.6 Å². The molecule has 0 aromatic heterocycles. The first-order valence-electron chi connectivity index (χ1n) is 6.45. The molecule has 0 saturated carbocycles. The number of nitrogens with one attached hydrogen (secondary N) is 2. The van der Waals surface area contributed by atoms with Crippen LogP contribution in [0.5, 0.6) is 0 Å². The van der Waals surface area contributed by atoms with Crippen LogP contribution >= 0.6 is 0 Å². The van der Waals surface area contributed by atoms with Crippen molar-refractivity contribution in [2.75, 3.05) is 11.9 Å². The summed E-state index contributed by atoms with van der Waals surface area (Å²) in [6.07, 6.45) is 0.413. The molecule has 0 spiro atoms. The maximum absolute atomic E-state index is 13.0. The SMILES string of the molecule is NNC(=NCCc1cc(F)cc(F)c1)Nc1ccccc1. The Labute approximate surface area is 121 Å². The third-order valence-electron chi connectivity index (χ3n) is 2.77. The Morgan fingerprint density at radius 1 is 1.05 bits per heavy atom. The van der Waals surface area contributed by atoms with Crippen LogP contribution in [0.3, 0.4) is 0 Å². The van der Waals surface area contributed by atoms with Crippen molar-refractivity contribution in [1.82, 2.24) is 5.43 Å². The number of rotatable bonds is 4. The molecule has 4 nitrogen and oxygen atoms in total. The molecule has 21 heavy (non-hydrogen) atoms. The van der Waals surface area contributed by atoms with E-state index in [1.165, 1.54) is 12.1 Å². The van der Waals surface area contributed by atoms with Crippen LogP contribution in [0.15, 0.2) is 53.5 Å². The van der Waals surface area contributed by atoms with E-state index in [2.05, 4.69) is 15.7 Å². The highest BCUT2D eigenvalue weighted by Crippen LogP contribution is 2.09. The second-order valence-corrected chi connectivity index (χ2v) is 4.39. The van der Waals surface area contributed by atoms with Crippen molar-refractivity contribution >= 4 is 11.6 Å². The smallest absolute Gasteiger partial charge is 0.210 e. The number of hydrogen-bond donors (Lipinski definition) is 3. The lowest BCUT2D eigenvalue weighted by Crippen LogP contribution is -2.36. The van der Waals surface area contributed by atoms with Crippen LogP contribution in [0.2, 0.25) is 0 Å². The van der Waals surface area contributed by atoms with Gasteiger partial charge in [-0.1, -0.05) is 18.2 Å². The molecule has 2 aromatic carbocycles. The first kappa shape index (κ1) is 14.9. The summed E-state index contributed by atoms with van der Waals surface area (Å²) in [7, 11) is 0. The summed E-state index contributed by atoms with van der Waals surface area (Å²) in [5.74, 6) is 4.59. The van der Waals surface area contributed by atoms with Gasteiger partial charge in [0.2, 0.25) is 5.96 Å². The molecule has 2 aromatic rings. The Morgan fingerprint density at radius 2 is 1.71 bits per heavy atom. The molecule has 2 rings (SSSR count). The van der Waals surface area contributed by atoms with Crippen LogP contribution in [-0.2, 0) is 6.42 Å². The molecule has 0 fully saturated rings. The van der Waals surface area contributed by atoms with Crippen LogP contribution in [0.1, 0.15) is 5.56 Å². The number of nitrogens with zero attached hydrogens (tertiary/aromatic N) is 1.